The summed E-state index contributed by atoms with van der Waals surface area (Å²) in [5.74, 6) is -0.356. The summed E-state index contributed by atoms with van der Waals surface area (Å²) in [6, 6.07) is 13.9. The Morgan fingerprint density at radius 3 is 2.50 bits per heavy atom. The lowest BCUT2D eigenvalue weighted by Crippen LogP contribution is -2.19. The van der Waals surface area contributed by atoms with Crippen LogP contribution in [0.4, 0.5) is 9.18 Å². The smallest absolute Gasteiger partial charge is 0.404 e. The van der Waals surface area contributed by atoms with Crippen LogP contribution in [0.5, 0.6) is 0 Å². The van der Waals surface area contributed by atoms with Gasteiger partial charge in [-0.05, 0) is 17.2 Å². The van der Waals surface area contributed by atoms with Gasteiger partial charge in [-0.2, -0.15) is 0 Å². The van der Waals surface area contributed by atoms with Crippen molar-refractivity contribution in [3.8, 4) is 11.1 Å². The van der Waals surface area contributed by atoms with Crippen LogP contribution in [0.1, 0.15) is 5.56 Å². The number of amides is 1. The van der Waals surface area contributed by atoms with Gasteiger partial charge in [-0.15, -0.1) is 0 Å². The van der Waals surface area contributed by atoms with Crippen molar-refractivity contribution in [2.24, 2.45) is 0 Å². The van der Waals surface area contributed by atoms with Crippen LogP contribution in [0.3, 0.4) is 0 Å². The van der Waals surface area contributed by atoms with Gasteiger partial charge in [0.2, 0.25) is 0 Å². The zero-order valence-corrected chi connectivity index (χ0v) is 9.56. The first-order valence-corrected chi connectivity index (χ1v) is 5.47. The van der Waals surface area contributed by atoms with E-state index in [1.54, 1.807) is 12.1 Å². The van der Waals surface area contributed by atoms with E-state index in [0.717, 1.165) is 5.56 Å². The number of hydrogen-bond donors (Lipinski definition) is 2. The molecule has 2 aromatic rings. The Hall–Kier alpha value is -2.36. The van der Waals surface area contributed by atoms with Crippen LogP contribution in [0, 0.1) is 5.82 Å². The Balaban J connectivity index is 2.23. The first-order valence-electron chi connectivity index (χ1n) is 5.47. The van der Waals surface area contributed by atoms with Crippen LogP contribution in [-0.4, -0.2) is 11.2 Å². The number of carboxylic acid groups (broad SMARTS) is 1. The summed E-state index contributed by atoms with van der Waals surface area (Å²) < 4.78 is 13.9. The van der Waals surface area contributed by atoms with Gasteiger partial charge in [0, 0.05) is 12.1 Å². The predicted molar refractivity (Wildman–Crippen MR) is 66.7 cm³/mol. The van der Waals surface area contributed by atoms with Crippen LogP contribution < -0.4 is 5.32 Å². The molecule has 0 bridgehead atoms. The normalized spacial score (nSPS) is 10.1. The Morgan fingerprint density at radius 2 is 1.89 bits per heavy atom. The number of halogens is 1. The van der Waals surface area contributed by atoms with Gasteiger partial charge in [0.15, 0.2) is 0 Å². The third-order valence-corrected chi connectivity index (χ3v) is 2.56. The summed E-state index contributed by atoms with van der Waals surface area (Å²) in [5, 5.41) is 10.7. The lowest BCUT2D eigenvalue weighted by atomic mass is 10.0. The van der Waals surface area contributed by atoms with E-state index in [9.17, 15) is 9.18 Å². The van der Waals surface area contributed by atoms with Gasteiger partial charge in [0.25, 0.3) is 0 Å². The van der Waals surface area contributed by atoms with Gasteiger partial charge in [-0.25, -0.2) is 9.18 Å². The molecule has 4 heteroatoms. The Kier molecular flexibility index (Phi) is 3.57. The summed E-state index contributed by atoms with van der Waals surface area (Å²) in [5.41, 5.74) is 1.90. The van der Waals surface area contributed by atoms with E-state index in [2.05, 4.69) is 5.32 Å². The van der Waals surface area contributed by atoms with Gasteiger partial charge in [-0.3, -0.25) is 0 Å². The molecule has 0 saturated carbocycles. The first kappa shape index (κ1) is 12.1. The molecular formula is C14H12FNO2. The predicted octanol–water partition coefficient (Wildman–Crippen LogP) is 3.26. The molecule has 0 heterocycles. The van der Waals surface area contributed by atoms with E-state index in [1.165, 1.54) is 6.07 Å². The molecule has 18 heavy (non-hydrogen) atoms. The monoisotopic (exact) mass is 245 g/mol. The van der Waals surface area contributed by atoms with E-state index in [-0.39, 0.29) is 12.4 Å². The number of hydrogen-bond acceptors (Lipinski definition) is 1. The van der Waals surface area contributed by atoms with Crippen LogP contribution in [0.15, 0.2) is 48.5 Å². The number of rotatable bonds is 3. The van der Waals surface area contributed by atoms with Crippen molar-refractivity contribution in [3.05, 3.63) is 59.9 Å². The highest BCUT2D eigenvalue weighted by atomic mass is 19.1. The first-order chi connectivity index (χ1) is 8.66. The van der Waals surface area contributed by atoms with E-state index < -0.39 is 6.09 Å². The highest BCUT2D eigenvalue weighted by Crippen LogP contribution is 2.23. The molecule has 0 spiro atoms. The van der Waals surface area contributed by atoms with Crippen molar-refractivity contribution in [2.45, 2.75) is 6.54 Å². The molecule has 0 saturated heterocycles. The molecule has 2 rings (SSSR count). The summed E-state index contributed by atoms with van der Waals surface area (Å²) >= 11 is 0. The van der Waals surface area contributed by atoms with Crippen molar-refractivity contribution in [2.75, 3.05) is 0 Å². The van der Waals surface area contributed by atoms with E-state index in [0.29, 0.717) is 11.1 Å². The minimum atomic E-state index is -1.12. The minimum Gasteiger partial charge on any atom is -0.465 e. The Labute approximate surface area is 104 Å². The standard InChI is InChI=1S/C14H12FNO2/c15-13-8-10(9-16-14(17)18)6-7-12(13)11-4-2-1-3-5-11/h1-8,16H,9H2,(H,17,18). The maximum absolute atomic E-state index is 13.9. The molecule has 0 fully saturated rings. The fourth-order valence-corrected chi connectivity index (χ4v) is 1.70. The fourth-order valence-electron chi connectivity index (χ4n) is 1.70. The number of nitrogens with one attached hydrogen (secondary N) is 1. The molecule has 0 aromatic heterocycles. The highest BCUT2D eigenvalue weighted by molar-refractivity contribution is 5.65. The molecule has 0 aliphatic heterocycles. The van der Waals surface area contributed by atoms with Gasteiger partial charge >= 0.3 is 6.09 Å². The van der Waals surface area contributed by atoms with Crippen LogP contribution in [0.25, 0.3) is 11.1 Å². The summed E-state index contributed by atoms with van der Waals surface area (Å²) in [6.45, 7) is 0.0985. The SMILES string of the molecule is O=C(O)NCc1ccc(-c2ccccc2)c(F)c1. The van der Waals surface area contributed by atoms with Crippen molar-refractivity contribution in [1.29, 1.82) is 0 Å². The quantitative estimate of drug-likeness (QED) is 0.872. The van der Waals surface area contributed by atoms with Crippen molar-refractivity contribution in [1.82, 2.24) is 5.32 Å². The molecule has 2 N–H and O–H groups in total. The molecule has 0 atom stereocenters. The van der Waals surface area contributed by atoms with E-state index in [1.807, 2.05) is 30.3 Å². The fraction of sp³-hybridized carbons (Fsp3) is 0.0714. The molecule has 92 valence electrons. The van der Waals surface area contributed by atoms with E-state index >= 15 is 0 Å². The lowest BCUT2D eigenvalue weighted by Gasteiger charge is -2.06. The van der Waals surface area contributed by atoms with Crippen molar-refractivity contribution >= 4 is 6.09 Å². The maximum atomic E-state index is 13.9. The molecular weight excluding hydrogens is 233 g/mol. The molecule has 0 aliphatic rings. The third-order valence-electron chi connectivity index (χ3n) is 2.56. The summed E-state index contributed by atoms with van der Waals surface area (Å²) in [6.07, 6.45) is -1.12. The molecule has 1 amide bonds. The number of benzene rings is 2. The Bertz CT molecular complexity index is 555. The second-order valence-electron chi connectivity index (χ2n) is 3.84. The largest absolute Gasteiger partial charge is 0.465 e. The second-order valence-corrected chi connectivity index (χ2v) is 3.84. The zero-order chi connectivity index (χ0) is 13.0. The molecule has 2 aromatic carbocycles. The van der Waals surface area contributed by atoms with Crippen molar-refractivity contribution in [3.63, 3.8) is 0 Å². The summed E-state index contributed by atoms with van der Waals surface area (Å²) in [7, 11) is 0. The highest BCUT2D eigenvalue weighted by Gasteiger charge is 2.06. The van der Waals surface area contributed by atoms with E-state index in [4.69, 9.17) is 5.11 Å². The van der Waals surface area contributed by atoms with Gasteiger partial charge in [-0.1, -0.05) is 42.5 Å². The van der Waals surface area contributed by atoms with Gasteiger partial charge in [0.1, 0.15) is 5.82 Å². The average molecular weight is 245 g/mol. The lowest BCUT2D eigenvalue weighted by molar-refractivity contribution is 0.194. The molecule has 3 nitrogen and oxygen atoms in total. The minimum absolute atomic E-state index is 0.0985. The third kappa shape index (κ3) is 2.85. The summed E-state index contributed by atoms with van der Waals surface area (Å²) in [4.78, 5) is 10.3. The zero-order valence-electron chi connectivity index (χ0n) is 9.56. The maximum Gasteiger partial charge on any atom is 0.404 e. The molecule has 0 aliphatic carbocycles. The van der Waals surface area contributed by atoms with Crippen LogP contribution in [0.2, 0.25) is 0 Å². The van der Waals surface area contributed by atoms with Gasteiger partial charge in [0.05, 0.1) is 0 Å². The van der Waals surface area contributed by atoms with Gasteiger partial charge < -0.3 is 10.4 Å². The number of carbonyl (C=O) groups is 1. The Morgan fingerprint density at radius 1 is 1.17 bits per heavy atom. The molecule has 0 radical (unpaired) electrons. The average Bonchev–Trinajstić information content (AvgIpc) is 2.37. The van der Waals surface area contributed by atoms with Crippen LogP contribution in [-0.2, 0) is 6.54 Å². The molecule has 0 unspecified atom stereocenters. The second kappa shape index (κ2) is 5.31. The topological polar surface area (TPSA) is 49.3 Å². The van der Waals surface area contributed by atoms with Crippen LogP contribution >= 0.6 is 0 Å². The van der Waals surface area contributed by atoms with Crippen molar-refractivity contribution < 1.29 is 14.3 Å².